The molecular weight excluding hydrogens is 246 g/mol. The fourth-order valence-electron chi connectivity index (χ4n) is 3.14. The molecule has 0 amide bonds. The second-order valence-corrected chi connectivity index (χ2v) is 5.32. The van der Waals surface area contributed by atoms with Gasteiger partial charge in [0.1, 0.15) is 5.75 Å². The summed E-state index contributed by atoms with van der Waals surface area (Å²) in [6.45, 7) is 3.14. The summed E-state index contributed by atoms with van der Waals surface area (Å²) < 4.78 is 5.36. The van der Waals surface area contributed by atoms with Crippen LogP contribution in [-0.4, -0.2) is 13.7 Å². The summed E-state index contributed by atoms with van der Waals surface area (Å²) in [6, 6.07) is 17.5. The first kappa shape index (κ1) is 13.2. The van der Waals surface area contributed by atoms with Crippen molar-refractivity contribution >= 4 is 0 Å². The van der Waals surface area contributed by atoms with Crippen molar-refractivity contribution in [3.05, 3.63) is 65.2 Å². The van der Waals surface area contributed by atoms with Crippen molar-refractivity contribution in [1.29, 1.82) is 0 Å². The number of likely N-dealkylation sites (N-methyl/N-ethyl adjacent to an activating group) is 1. The molecule has 0 heterocycles. The molecule has 1 N–H and O–H groups in total. The fourth-order valence-corrected chi connectivity index (χ4v) is 3.14. The van der Waals surface area contributed by atoms with Gasteiger partial charge in [-0.3, -0.25) is 0 Å². The monoisotopic (exact) mass is 267 g/mol. The van der Waals surface area contributed by atoms with Gasteiger partial charge < -0.3 is 10.1 Å². The van der Waals surface area contributed by atoms with Crippen molar-refractivity contribution in [3.8, 4) is 5.75 Å². The molecule has 2 aromatic carbocycles. The molecule has 2 nitrogen and oxygen atoms in total. The lowest BCUT2D eigenvalue weighted by Gasteiger charge is -2.37. The maximum absolute atomic E-state index is 5.36. The van der Waals surface area contributed by atoms with E-state index in [4.69, 9.17) is 4.74 Å². The van der Waals surface area contributed by atoms with E-state index in [0.717, 1.165) is 18.7 Å². The van der Waals surface area contributed by atoms with E-state index in [1.165, 1.54) is 16.7 Å². The maximum Gasteiger partial charge on any atom is 0.119 e. The Balaban J connectivity index is 1.90. The smallest absolute Gasteiger partial charge is 0.119 e. The number of fused-ring (bicyclic) bond motifs is 1. The highest BCUT2D eigenvalue weighted by atomic mass is 16.5. The number of ether oxygens (including phenoxy) is 1. The molecule has 2 unspecified atom stereocenters. The van der Waals surface area contributed by atoms with E-state index in [1.54, 1.807) is 7.11 Å². The average Bonchev–Trinajstić information content (AvgIpc) is 2.48. The van der Waals surface area contributed by atoms with Crippen LogP contribution < -0.4 is 10.1 Å². The summed E-state index contributed by atoms with van der Waals surface area (Å²) in [5.74, 6) is 1.50. The molecule has 0 aromatic heterocycles. The number of methoxy groups -OCH3 is 1. The highest BCUT2D eigenvalue weighted by Gasteiger charge is 2.33. The topological polar surface area (TPSA) is 21.3 Å². The van der Waals surface area contributed by atoms with Gasteiger partial charge in [0, 0.05) is 12.0 Å². The molecule has 0 bridgehead atoms. The first-order valence-corrected chi connectivity index (χ1v) is 7.28. The highest BCUT2D eigenvalue weighted by molar-refractivity contribution is 5.44. The summed E-state index contributed by atoms with van der Waals surface area (Å²) in [5.41, 5.74) is 4.29. The SMILES string of the molecule is CCNC(c1cccc(OC)c1)C1Cc2ccccc21. The molecule has 2 heteroatoms. The van der Waals surface area contributed by atoms with Gasteiger partial charge in [0.2, 0.25) is 0 Å². The predicted molar refractivity (Wildman–Crippen MR) is 82.3 cm³/mol. The third-order valence-corrected chi connectivity index (χ3v) is 4.17. The zero-order valence-electron chi connectivity index (χ0n) is 12.1. The van der Waals surface area contributed by atoms with Crippen LogP contribution >= 0.6 is 0 Å². The van der Waals surface area contributed by atoms with Gasteiger partial charge in [0.05, 0.1) is 7.11 Å². The molecule has 1 aliphatic carbocycles. The van der Waals surface area contributed by atoms with E-state index in [-0.39, 0.29) is 0 Å². The zero-order valence-corrected chi connectivity index (χ0v) is 12.1. The Bertz CT molecular complexity index is 593. The molecule has 104 valence electrons. The van der Waals surface area contributed by atoms with E-state index >= 15 is 0 Å². The number of hydrogen-bond donors (Lipinski definition) is 1. The van der Waals surface area contributed by atoms with Crippen molar-refractivity contribution in [1.82, 2.24) is 5.32 Å². The lowest BCUT2D eigenvalue weighted by Crippen LogP contribution is -2.33. The summed E-state index contributed by atoms with van der Waals surface area (Å²) >= 11 is 0. The highest BCUT2D eigenvalue weighted by Crippen LogP contribution is 2.43. The minimum absolute atomic E-state index is 0.366. The minimum atomic E-state index is 0.366. The van der Waals surface area contributed by atoms with Crippen LogP contribution in [0, 0.1) is 0 Å². The second-order valence-electron chi connectivity index (χ2n) is 5.32. The average molecular weight is 267 g/mol. The molecule has 0 radical (unpaired) electrons. The van der Waals surface area contributed by atoms with Crippen LogP contribution in [0.4, 0.5) is 0 Å². The molecule has 1 aliphatic rings. The molecule has 2 atom stereocenters. The molecule has 0 fully saturated rings. The van der Waals surface area contributed by atoms with Gasteiger partial charge in [-0.15, -0.1) is 0 Å². The lowest BCUT2D eigenvalue weighted by molar-refractivity contribution is 0.403. The minimum Gasteiger partial charge on any atom is -0.497 e. The number of hydrogen-bond acceptors (Lipinski definition) is 2. The lowest BCUT2D eigenvalue weighted by atomic mass is 9.71. The van der Waals surface area contributed by atoms with E-state index in [1.807, 2.05) is 6.07 Å². The van der Waals surface area contributed by atoms with Gasteiger partial charge in [-0.25, -0.2) is 0 Å². The van der Waals surface area contributed by atoms with Crippen LogP contribution in [0.1, 0.15) is 35.6 Å². The molecular formula is C18H21NO. The van der Waals surface area contributed by atoms with Gasteiger partial charge in [-0.2, -0.15) is 0 Å². The van der Waals surface area contributed by atoms with Crippen molar-refractivity contribution < 1.29 is 4.74 Å². The Morgan fingerprint density at radius 3 is 2.80 bits per heavy atom. The number of benzene rings is 2. The van der Waals surface area contributed by atoms with Crippen molar-refractivity contribution in [2.75, 3.05) is 13.7 Å². The van der Waals surface area contributed by atoms with Gasteiger partial charge >= 0.3 is 0 Å². The van der Waals surface area contributed by atoms with Gasteiger partial charge in [-0.05, 0) is 41.8 Å². The third-order valence-electron chi connectivity index (χ3n) is 4.17. The summed E-state index contributed by atoms with van der Waals surface area (Å²) in [4.78, 5) is 0. The summed E-state index contributed by atoms with van der Waals surface area (Å²) in [6.07, 6.45) is 1.16. The van der Waals surface area contributed by atoms with Crippen molar-refractivity contribution in [2.45, 2.75) is 25.3 Å². The number of nitrogens with one attached hydrogen (secondary N) is 1. The molecule has 0 spiro atoms. The molecule has 0 saturated carbocycles. The molecule has 20 heavy (non-hydrogen) atoms. The Morgan fingerprint density at radius 2 is 2.05 bits per heavy atom. The summed E-state index contributed by atoms with van der Waals surface area (Å²) in [5, 5.41) is 3.64. The van der Waals surface area contributed by atoms with E-state index in [9.17, 15) is 0 Å². The van der Waals surface area contributed by atoms with Gasteiger partial charge in [-0.1, -0.05) is 43.3 Å². The molecule has 0 aliphatic heterocycles. The Hall–Kier alpha value is -1.80. The Kier molecular flexibility index (Phi) is 3.75. The first-order chi connectivity index (χ1) is 9.83. The molecule has 3 rings (SSSR count). The normalized spacial score (nSPS) is 18.0. The first-order valence-electron chi connectivity index (χ1n) is 7.28. The quantitative estimate of drug-likeness (QED) is 0.892. The van der Waals surface area contributed by atoms with Crippen LogP contribution in [0.15, 0.2) is 48.5 Å². The fraction of sp³-hybridized carbons (Fsp3) is 0.333. The van der Waals surface area contributed by atoms with Crippen molar-refractivity contribution in [2.24, 2.45) is 0 Å². The van der Waals surface area contributed by atoms with Crippen LogP contribution in [0.2, 0.25) is 0 Å². The van der Waals surface area contributed by atoms with Crippen LogP contribution in [-0.2, 0) is 6.42 Å². The van der Waals surface area contributed by atoms with Gasteiger partial charge in [0.25, 0.3) is 0 Å². The number of rotatable bonds is 5. The van der Waals surface area contributed by atoms with Crippen LogP contribution in [0.3, 0.4) is 0 Å². The van der Waals surface area contributed by atoms with Gasteiger partial charge in [0.15, 0.2) is 0 Å². The van der Waals surface area contributed by atoms with E-state index in [0.29, 0.717) is 12.0 Å². The Morgan fingerprint density at radius 1 is 1.20 bits per heavy atom. The molecule has 0 saturated heterocycles. The van der Waals surface area contributed by atoms with Crippen molar-refractivity contribution in [3.63, 3.8) is 0 Å². The second kappa shape index (κ2) is 5.68. The van der Waals surface area contributed by atoms with E-state index in [2.05, 4.69) is 54.7 Å². The summed E-state index contributed by atoms with van der Waals surface area (Å²) in [7, 11) is 1.72. The third kappa shape index (κ3) is 2.32. The zero-order chi connectivity index (χ0) is 13.9. The predicted octanol–water partition coefficient (Wildman–Crippen LogP) is 3.69. The van der Waals surface area contributed by atoms with E-state index < -0.39 is 0 Å². The Labute approximate surface area is 120 Å². The largest absolute Gasteiger partial charge is 0.497 e. The standard InChI is InChI=1S/C18H21NO/c1-3-19-18(14-8-6-9-15(11-14)20-2)17-12-13-7-4-5-10-16(13)17/h4-11,17-19H,3,12H2,1-2H3. The molecule has 2 aromatic rings. The van der Waals surface area contributed by atoms with Crippen LogP contribution in [0.25, 0.3) is 0 Å². The maximum atomic E-state index is 5.36. The van der Waals surface area contributed by atoms with Crippen LogP contribution in [0.5, 0.6) is 5.75 Å².